The summed E-state index contributed by atoms with van der Waals surface area (Å²) in [6.45, 7) is 2.28. The Bertz CT molecular complexity index is 1030. The van der Waals surface area contributed by atoms with Crippen LogP contribution in [0.25, 0.3) is 0 Å². The summed E-state index contributed by atoms with van der Waals surface area (Å²) in [6, 6.07) is 11.7. The molecule has 8 nitrogen and oxygen atoms in total. The molecule has 2 N–H and O–H groups in total. The number of hydrogen-bond donors (Lipinski definition) is 2. The highest BCUT2D eigenvalue weighted by molar-refractivity contribution is 7.89. The first-order valence-corrected chi connectivity index (χ1v) is 10.8. The quantitative estimate of drug-likeness (QED) is 0.728. The van der Waals surface area contributed by atoms with Crippen molar-refractivity contribution in [1.29, 1.82) is 0 Å². The first-order valence-electron chi connectivity index (χ1n) is 9.32. The fourth-order valence-corrected chi connectivity index (χ4v) is 5.36. The summed E-state index contributed by atoms with van der Waals surface area (Å²) in [5.41, 5.74) is 1.12. The molecule has 2 aliphatic rings. The van der Waals surface area contributed by atoms with Crippen LogP contribution in [0.15, 0.2) is 53.4 Å². The molecule has 152 valence electrons. The van der Waals surface area contributed by atoms with Gasteiger partial charge in [0.2, 0.25) is 10.0 Å². The van der Waals surface area contributed by atoms with Gasteiger partial charge in [0.05, 0.1) is 10.9 Å². The first kappa shape index (κ1) is 19.4. The fraction of sp³-hybridized carbons (Fsp3) is 0.300. The summed E-state index contributed by atoms with van der Waals surface area (Å²) in [6.07, 6.45) is 1.13. The first-order chi connectivity index (χ1) is 13.8. The lowest BCUT2D eigenvalue weighted by Crippen LogP contribution is -2.49. The molecule has 2 aromatic rings. The molecule has 2 atom stereocenters. The number of ether oxygens (including phenoxy) is 1. The van der Waals surface area contributed by atoms with Gasteiger partial charge in [0.25, 0.3) is 5.91 Å². The molecule has 3 amide bonds. The molecule has 2 saturated heterocycles. The normalized spacial score (nSPS) is 22.4. The van der Waals surface area contributed by atoms with E-state index in [-0.39, 0.29) is 4.90 Å². The maximum atomic E-state index is 13.1. The second-order valence-electron chi connectivity index (χ2n) is 7.15. The third-order valence-electron chi connectivity index (χ3n) is 5.13. The Labute approximate surface area is 168 Å². The van der Waals surface area contributed by atoms with E-state index in [1.807, 2.05) is 31.2 Å². The number of urea groups is 1. The standard InChI is InChI=1S/C20H21N3O5S/c1-13-4-6-14(7-5-13)28-15-8-10-16(11-9-15)29(26,27)23-12-2-3-17(23)18-19(24)22-20(25)21-18/h4-11,17-18H,2-3,12H2,1H3,(H2,21,22,24,25). The topological polar surface area (TPSA) is 105 Å². The van der Waals surface area contributed by atoms with Gasteiger partial charge in [-0.25, -0.2) is 13.2 Å². The van der Waals surface area contributed by atoms with Crippen molar-refractivity contribution in [2.24, 2.45) is 0 Å². The Morgan fingerprint density at radius 1 is 1.00 bits per heavy atom. The average molecular weight is 415 g/mol. The predicted octanol–water partition coefficient (Wildman–Crippen LogP) is 2.15. The molecule has 2 aliphatic heterocycles. The van der Waals surface area contributed by atoms with Crippen LogP contribution in [0.4, 0.5) is 4.79 Å². The number of carbonyl (C=O) groups is 2. The summed E-state index contributed by atoms with van der Waals surface area (Å²) >= 11 is 0. The largest absolute Gasteiger partial charge is 0.457 e. The number of amides is 3. The molecule has 9 heteroatoms. The zero-order chi connectivity index (χ0) is 20.6. The molecule has 2 unspecified atom stereocenters. The number of sulfonamides is 1. The van der Waals surface area contributed by atoms with Crippen molar-refractivity contribution in [2.75, 3.05) is 6.54 Å². The van der Waals surface area contributed by atoms with E-state index in [4.69, 9.17) is 4.74 Å². The third kappa shape index (κ3) is 3.83. The fourth-order valence-electron chi connectivity index (χ4n) is 3.66. The molecule has 29 heavy (non-hydrogen) atoms. The van der Waals surface area contributed by atoms with Crippen LogP contribution < -0.4 is 15.4 Å². The number of hydrogen-bond acceptors (Lipinski definition) is 5. The zero-order valence-electron chi connectivity index (χ0n) is 15.8. The number of benzene rings is 2. The van der Waals surface area contributed by atoms with E-state index < -0.39 is 34.0 Å². The van der Waals surface area contributed by atoms with Crippen LogP contribution in [0.1, 0.15) is 18.4 Å². The Morgan fingerprint density at radius 3 is 2.21 bits per heavy atom. The molecule has 0 spiro atoms. The van der Waals surface area contributed by atoms with Gasteiger partial charge in [-0.3, -0.25) is 10.1 Å². The number of aryl methyl sites for hydroxylation is 1. The van der Waals surface area contributed by atoms with E-state index >= 15 is 0 Å². The number of nitrogens with one attached hydrogen (secondary N) is 2. The second-order valence-corrected chi connectivity index (χ2v) is 9.04. The van der Waals surface area contributed by atoms with E-state index in [2.05, 4.69) is 10.6 Å². The van der Waals surface area contributed by atoms with Gasteiger partial charge in [-0.05, 0) is 56.2 Å². The van der Waals surface area contributed by atoms with Gasteiger partial charge in [-0.2, -0.15) is 4.31 Å². The van der Waals surface area contributed by atoms with Gasteiger partial charge in [-0.1, -0.05) is 17.7 Å². The summed E-state index contributed by atoms with van der Waals surface area (Å²) in [5.74, 6) is 0.686. The van der Waals surface area contributed by atoms with Gasteiger partial charge in [0.15, 0.2) is 0 Å². The van der Waals surface area contributed by atoms with Crippen LogP contribution in [0, 0.1) is 6.92 Å². The second kappa shape index (κ2) is 7.49. The molecule has 2 fully saturated rings. The highest BCUT2D eigenvalue weighted by atomic mass is 32.2. The summed E-state index contributed by atoms with van der Waals surface area (Å²) in [7, 11) is -3.81. The van der Waals surface area contributed by atoms with Gasteiger partial charge in [0.1, 0.15) is 17.5 Å². The predicted molar refractivity (Wildman–Crippen MR) is 105 cm³/mol. The van der Waals surface area contributed by atoms with Crippen molar-refractivity contribution in [3.8, 4) is 11.5 Å². The minimum absolute atomic E-state index is 0.116. The molecule has 0 saturated carbocycles. The highest BCUT2D eigenvalue weighted by Crippen LogP contribution is 2.30. The highest BCUT2D eigenvalue weighted by Gasteiger charge is 2.45. The molecule has 2 aromatic carbocycles. The molecular weight excluding hydrogens is 394 g/mol. The number of rotatable bonds is 5. The summed E-state index contributed by atoms with van der Waals surface area (Å²) < 4.78 is 33.3. The van der Waals surface area contributed by atoms with Crippen LogP contribution in [-0.2, 0) is 14.8 Å². The van der Waals surface area contributed by atoms with Gasteiger partial charge < -0.3 is 10.1 Å². The Morgan fingerprint density at radius 2 is 1.62 bits per heavy atom. The van der Waals surface area contributed by atoms with Crippen LogP contribution in [0.2, 0.25) is 0 Å². The van der Waals surface area contributed by atoms with Crippen LogP contribution >= 0.6 is 0 Å². The Balaban J connectivity index is 1.53. The van der Waals surface area contributed by atoms with E-state index in [0.29, 0.717) is 30.9 Å². The van der Waals surface area contributed by atoms with E-state index in [9.17, 15) is 18.0 Å². The Hall–Kier alpha value is -2.91. The van der Waals surface area contributed by atoms with E-state index in [1.54, 1.807) is 12.1 Å². The third-order valence-corrected chi connectivity index (χ3v) is 7.06. The lowest BCUT2D eigenvalue weighted by atomic mass is 10.1. The number of carbonyl (C=O) groups excluding carboxylic acids is 2. The van der Waals surface area contributed by atoms with Crippen molar-refractivity contribution in [3.63, 3.8) is 0 Å². The smallest absolute Gasteiger partial charge is 0.322 e. The van der Waals surface area contributed by atoms with Crippen molar-refractivity contribution >= 4 is 22.0 Å². The molecule has 0 aromatic heterocycles. The Kier molecular flexibility index (Phi) is 5.01. The zero-order valence-corrected chi connectivity index (χ0v) is 16.6. The van der Waals surface area contributed by atoms with Crippen molar-refractivity contribution in [2.45, 2.75) is 36.7 Å². The molecular formula is C20H21N3O5S. The summed E-state index contributed by atoms with van der Waals surface area (Å²) in [5, 5.41) is 4.68. The molecule has 4 rings (SSSR count). The van der Waals surface area contributed by atoms with Crippen LogP contribution in [0.3, 0.4) is 0 Å². The van der Waals surface area contributed by atoms with E-state index in [1.165, 1.54) is 16.4 Å². The molecule has 0 bridgehead atoms. The maximum absolute atomic E-state index is 13.1. The summed E-state index contributed by atoms with van der Waals surface area (Å²) in [4.78, 5) is 23.5. The maximum Gasteiger partial charge on any atom is 0.322 e. The monoisotopic (exact) mass is 415 g/mol. The van der Waals surface area contributed by atoms with Gasteiger partial charge >= 0.3 is 6.03 Å². The van der Waals surface area contributed by atoms with Gasteiger partial charge in [-0.15, -0.1) is 0 Å². The van der Waals surface area contributed by atoms with Crippen LogP contribution in [0.5, 0.6) is 11.5 Å². The SMILES string of the molecule is Cc1ccc(Oc2ccc(S(=O)(=O)N3CCCC3C3NC(=O)NC3=O)cc2)cc1. The minimum Gasteiger partial charge on any atom is -0.457 e. The average Bonchev–Trinajstić information content (AvgIpc) is 3.30. The van der Waals surface area contributed by atoms with Crippen molar-refractivity contribution in [3.05, 3.63) is 54.1 Å². The van der Waals surface area contributed by atoms with Crippen LogP contribution in [-0.4, -0.2) is 43.3 Å². The number of nitrogens with zero attached hydrogens (tertiary/aromatic N) is 1. The molecule has 0 aliphatic carbocycles. The number of imide groups is 1. The van der Waals surface area contributed by atoms with Gasteiger partial charge in [0, 0.05) is 6.54 Å². The van der Waals surface area contributed by atoms with Crippen molar-refractivity contribution in [1.82, 2.24) is 14.9 Å². The minimum atomic E-state index is -3.81. The van der Waals surface area contributed by atoms with E-state index in [0.717, 1.165) is 5.56 Å². The molecule has 0 radical (unpaired) electrons. The van der Waals surface area contributed by atoms with Crippen molar-refractivity contribution < 1.29 is 22.7 Å². The lowest BCUT2D eigenvalue weighted by Gasteiger charge is -2.27. The molecule has 2 heterocycles. The lowest BCUT2D eigenvalue weighted by molar-refractivity contribution is -0.121.